The molecule has 1 aromatic heterocycles. The molecule has 0 fully saturated rings. The normalized spacial score (nSPS) is 12.2. The van der Waals surface area contributed by atoms with E-state index in [-0.39, 0.29) is 12.2 Å². The zero-order valence-electron chi connectivity index (χ0n) is 7.65. The Bertz CT molecular complexity index is 391. The van der Waals surface area contributed by atoms with Crippen LogP contribution >= 0.6 is 11.6 Å². The lowest BCUT2D eigenvalue weighted by atomic mass is 10.1. The lowest BCUT2D eigenvalue weighted by Gasteiger charge is -2.13. The average molecular weight is 261 g/mol. The molecular weight excluding hydrogens is 255 g/mol. The van der Waals surface area contributed by atoms with Crippen LogP contribution < -0.4 is 5.73 Å². The van der Waals surface area contributed by atoms with Crippen molar-refractivity contribution in [3.8, 4) is 0 Å². The van der Waals surface area contributed by atoms with Crippen LogP contribution in [0.1, 0.15) is 23.4 Å². The van der Waals surface area contributed by atoms with Gasteiger partial charge in [0.05, 0.1) is 16.3 Å². The highest BCUT2D eigenvalue weighted by atomic mass is 35.5. The predicted molar refractivity (Wildman–Crippen MR) is 47.1 cm³/mol. The Balaban J connectivity index is 3.44. The molecule has 0 saturated carbocycles. The number of pyridine rings is 1. The minimum Gasteiger partial charge on any atom is -0.325 e. The Labute approximate surface area is 92.2 Å². The third-order valence-electron chi connectivity index (χ3n) is 1.76. The molecule has 0 aliphatic carbocycles. The number of hydrogen-bond donors (Lipinski definition) is 1. The summed E-state index contributed by atoms with van der Waals surface area (Å²) in [7, 11) is 0. The van der Waals surface area contributed by atoms with Crippen LogP contribution in [-0.4, -0.2) is 4.98 Å². The first-order valence-corrected chi connectivity index (χ1v) is 4.40. The number of halogens is 6. The fourth-order valence-corrected chi connectivity index (χ4v) is 1.35. The Morgan fingerprint density at radius 1 is 1.38 bits per heavy atom. The molecule has 1 rings (SSSR count). The second-order valence-electron chi connectivity index (χ2n) is 2.86. The molecule has 0 saturated heterocycles. The third kappa shape index (κ3) is 2.59. The van der Waals surface area contributed by atoms with E-state index in [0.29, 0.717) is 6.07 Å². The summed E-state index contributed by atoms with van der Waals surface area (Å²) in [6.45, 7) is -0.375. The van der Waals surface area contributed by atoms with Crippen molar-refractivity contribution in [3.05, 3.63) is 28.0 Å². The van der Waals surface area contributed by atoms with E-state index >= 15 is 0 Å². The molecule has 1 heterocycles. The van der Waals surface area contributed by atoms with E-state index in [4.69, 9.17) is 17.3 Å². The van der Waals surface area contributed by atoms with E-state index in [1.807, 2.05) is 0 Å². The maximum atomic E-state index is 12.4. The topological polar surface area (TPSA) is 38.9 Å². The van der Waals surface area contributed by atoms with Crippen LogP contribution in [0.4, 0.5) is 22.0 Å². The molecule has 0 aromatic carbocycles. The van der Waals surface area contributed by atoms with Gasteiger partial charge in [-0.05, 0) is 6.07 Å². The smallest absolute Gasteiger partial charge is 0.325 e. The van der Waals surface area contributed by atoms with Crippen molar-refractivity contribution in [2.24, 2.45) is 5.73 Å². The van der Waals surface area contributed by atoms with E-state index in [1.165, 1.54) is 0 Å². The molecule has 0 bridgehead atoms. The van der Waals surface area contributed by atoms with Gasteiger partial charge in [0.1, 0.15) is 5.69 Å². The number of alkyl halides is 5. The van der Waals surface area contributed by atoms with Crippen LogP contribution in [0.25, 0.3) is 0 Å². The van der Waals surface area contributed by atoms with Crippen LogP contribution in [0.2, 0.25) is 5.02 Å². The van der Waals surface area contributed by atoms with Gasteiger partial charge in [-0.15, -0.1) is 0 Å². The molecule has 0 atom stereocenters. The zero-order valence-corrected chi connectivity index (χ0v) is 8.41. The van der Waals surface area contributed by atoms with Gasteiger partial charge in [-0.1, -0.05) is 11.6 Å². The molecule has 2 nitrogen and oxygen atoms in total. The maximum Gasteiger partial charge on any atom is 0.417 e. The molecule has 1 aromatic rings. The van der Waals surface area contributed by atoms with Crippen molar-refractivity contribution in [1.82, 2.24) is 4.98 Å². The average Bonchev–Trinajstić information content (AvgIpc) is 2.15. The summed E-state index contributed by atoms with van der Waals surface area (Å²) in [5.41, 5.74) is 2.33. The number of nitrogens with zero attached hydrogens (tertiary/aromatic N) is 1. The first-order valence-electron chi connectivity index (χ1n) is 4.02. The lowest BCUT2D eigenvalue weighted by molar-refractivity contribution is -0.137. The highest BCUT2D eigenvalue weighted by Crippen LogP contribution is 2.38. The summed E-state index contributed by atoms with van der Waals surface area (Å²) >= 11 is 5.21. The van der Waals surface area contributed by atoms with E-state index in [9.17, 15) is 22.0 Å². The van der Waals surface area contributed by atoms with Crippen molar-refractivity contribution >= 4 is 11.6 Å². The largest absolute Gasteiger partial charge is 0.417 e. The van der Waals surface area contributed by atoms with Gasteiger partial charge >= 0.3 is 6.18 Å². The molecule has 0 aliphatic rings. The first kappa shape index (κ1) is 13.1. The summed E-state index contributed by atoms with van der Waals surface area (Å²) in [5.74, 6) is 0. The number of rotatable bonds is 2. The Morgan fingerprint density at radius 2 is 1.94 bits per heavy atom. The molecular formula is C8H6ClF5N2. The van der Waals surface area contributed by atoms with E-state index in [2.05, 4.69) is 4.98 Å². The minimum atomic E-state index is -4.81. The molecule has 0 amide bonds. The van der Waals surface area contributed by atoms with Crippen LogP contribution in [0, 0.1) is 0 Å². The van der Waals surface area contributed by atoms with Crippen molar-refractivity contribution in [3.63, 3.8) is 0 Å². The van der Waals surface area contributed by atoms with Gasteiger partial charge < -0.3 is 5.73 Å². The molecule has 0 aliphatic heterocycles. The van der Waals surface area contributed by atoms with Crippen molar-refractivity contribution in [2.45, 2.75) is 19.1 Å². The summed E-state index contributed by atoms with van der Waals surface area (Å²) in [6.07, 6.45) is -7.99. The number of nitrogens with two attached hydrogens (primary N) is 1. The van der Waals surface area contributed by atoms with E-state index in [0.717, 1.165) is 0 Å². The molecule has 8 heteroatoms. The minimum absolute atomic E-state index is 0.285. The molecule has 0 unspecified atom stereocenters. The van der Waals surface area contributed by atoms with Gasteiger partial charge in [0.25, 0.3) is 6.43 Å². The summed E-state index contributed by atoms with van der Waals surface area (Å²) in [5, 5.41) is -1.08. The fourth-order valence-electron chi connectivity index (χ4n) is 1.06. The molecule has 2 N–H and O–H groups in total. The van der Waals surface area contributed by atoms with Gasteiger partial charge in [0, 0.05) is 6.54 Å². The van der Waals surface area contributed by atoms with Crippen LogP contribution in [0.15, 0.2) is 6.07 Å². The van der Waals surface area contributed by atoms with Gasteiger partial charge in [0.15, 0.2) is 0 Å². The summed E-state index contributed by atoms with van der Waals surface area (Å²) in [6, 6.07) is 0.564. The van der Waals surface area contributed by atoms with Crippen LogP contribution in [0.3, 0.4) is 0 Å². The van der Waals surface area contributed by atoms with Gasteiger partial charge in [-0.25, -0.2) is 13.8 Å². The third-order valence-corrected chi connectivity index (χ3v) is 2.15. The second kappa shape index (κ2) is 4.50. The van der Waals surface area contributed by atoms with Crippen molar-refractivity contribution in [1.29, 1.82) is 0 Å². The number of aromatic nitrogens is 1. The van der Waals surface area contributed by atoms with Crippen LogP contribution in [-0.2, 0) is 12.7 Å². The van der Waals surface area contributed by atoms with Gasteiger partial charge in [0.2, 0.25) is 0 Å². The zero-order chi connectivity index (χ0) is 12.5. The predicted octanol–water partition coefficient (Wildman–Crippen LogP) is 3.15. The Kier molecular flexibility index (Phi) is 3.69. The van der Waals surface area contributed by atoms with Crippen LogP contribution in [0.5, 0.6) is 0 Å². The second-order valence-corrected chi connectivity index (χ2v) is 3.24. The quantitative estimate of drug-likeness (QED) is 0.830. The SMILES string of the molecule is NCc1cc(C(F)(F)F)c(Cl)c(C(F)F)n1. The van der Waals surface area contributed by atoms with Gasteiger partial charge in [-0.3, -0.25) is 0 Å². The Hall–Kier alpha value is -0.950. The molecule has 0 spiro atoms. The van der Waals surface area contributed by atoms with E-state index < -0.39 is 28.9 Å². The monoisotopic (exact) mass is 260 g/mol. The molecule has 90 valence electrons. The standard InChI is InChI=1S/C8H6ClF5N2/c9-5-4(8(12,13)14)1-3(2-15)16-6(5)7(10)11/h1,7H,2,15H2. The fraction of sp³-hybridized carbons (Fsp3) is 0.375. The van der Waals surface area contributed by atoms with Crippen molar-refractivity contribution in [2.75, 3.05) is 0 Å². The molecule has 16 heavy (non-hydrogen) atoms. The first-order chi connectivity index (χ1) is 7.27. The highest BCUT2D eigenvalue weighted by molar-refractivity contribution is 6.32. The lowest BCUT2D eigenvalue weighted by Crippen LogP contribution is -2.12. The maximum absolute atomic E-state index is 12.4. The van der Waals surface area contributed by atoms with Gasteiger partial charge in [-0.2, -0.15) is 13.2 Å². The number of hydrogen-bond acceptors (Lipinski definition) is 2. The van der Waals surface area contributed by atoms with E-state index in [1.54, 1.807) is 0 Å². The Morgan fingerprint density at radius 3 is 2.31 bits per heavy atom. The van der Waals surface area contributed by atoms with Crippen molar-refractivity contribution < 1.29 is 22.0 Å². The molecule has 0 radical (unpaired) electrons. The highest BCUT2D eigenvalue weighted by Gasteiger charge is 2.36. The summed E-state index contributed by atoms with van der Waals surface area (Å²) in [4.78, 5) is 3.26. The summed E-state index contributed by atoms with van der Waals surface area (Å²) < 4.78 is 61.9.